The van der Waals surface area contributed by atoms with Crippen LogP contribution in [0.1, 0.15) is 56.1 Å². The smallest absolute Gasteiger partial charge is 0.375 e. The van der Waals surface area contributed by atoms with Crippen LogP contribution in [0.2, 0.25) is 5.02 Å². The quantitative estimate of drug-likeness (QED) is 0.424. The predicted octanol–water partition coefficient (Wildman–Crippen LogP) is 4.29. The highest BCUT2D eigenvalue weighted by Crippen LogP contribution is 2.40. The Hall–Kier alpha value is -3.42. The van der Waals surface area contributed by atoms with Crippen LogP contribution in [0.25, 0.3) is 11.4 Å². The summed E-state index contributed by atoms with van der Waals surface area (Å²) in [4.78, 5) is 34.1. The van der Waals surface area contributed by atoms with Gasteiger partial charge in [-0.05, 0) is 62.3 Å². The van der Waals surface area contributed by atoms with Crippen molar-refractivity contribution < 1.29 is 22.7 Å². The second kappa shape index (κ2) is 11.6. The molecule has 0 bridgehead atoms. The number of carbonyl (C=O) groups excluding carboxylic acids is 1. The molecule has 0 radical (unpaired) electrons. The summed E-state index contributed by atoms with van der Waals surface area (Å²) in [5.41, 5.74) is 0.724. The topological polar surface area (TPSA) is 106 Å². The number of ether oxygens (including phenoxy) is 1. The molecule has 1 spiro atoms. The number of aromatic nitrogens is 4. The first-order chi connectivity index (χ1) is 20.6. The van der Waals surface area contributed by atoms with Gasteiger partial charge in [-0.1, -0.05) is 24.6 Å². The van der Waals surface area contributed by atoms with E-state index in [0.29, 0.717) is 56.2 Å². The molecule has 2 saturated heterocycles. The first-order valence-corrected chi connectivity index (χ1v) is 14.9. The summed E-state index contributed by atoms with van der Waals surface area (Å²) >= 11 is 6.10. The second-order valence-corrected chi connectivity index (χ2v) is 11.6. The van der Waals surface area contributed by atoms with Gasteiger partial charge in [0.1, 0.15) is 12.2 Å². The maximum atomic E-state index is 13.9. The number of alkyl halides is 3. The summed E-state index contributed by atoms with van der Waals surface area (Å²) in [6, 6.07) is 2.77. The van der Waals surface area contributed by atoms with Crippen LogP contribution in [0.4, 0.5) is 24.5 Å². The van der Waals surface area contributed by atoms with Crippen LogP contribution in [0, 0.1) is 0 Å². The molecule has 6 rings (SSSR count). The molecule has 1 atom stereocenters. The van der Waals surface area contributed by atoms with Crippen molar-refractivity contribution in [1.82, 2.24) is 24.5 Å². The van der Waals surface area contributed by atoms with Crippen LogP contribution < -0.4 is 21.1 Å². The normalized spacial score (nSPS) is 21.0. The molecule has 3 aromatic rings. The van der Waals surface area contributed by atoms with Gasteiger partial charge in [0.15, 0.2) is 5.82 Å². The third-order valence-electron chi connectivity index (χ3n) is 8.51. The van der Waals surface area contributed by atoms with Crippen LogP contribution in [0.15, 0.2) is 29.1 Å². The number of carbonyl (C=O) groups is 1. The fourth-order valence-corrected chi connectivity index (χ4v) is 6.50. The van der Waals surface area contributed by atoms with Gasteiger partial charge in [-0.2, -0.15) is 22.7 Å². The van der Waals surface area contributed by atoms with Gasteiger partial charge in [0.05, 0.1) is 27.6 Å². The van der Waals surface area contributed by atoms with E-state index in [4.69, 9.17) is 21.3 Å². The van der Waals surface area contributed by atoms with Crippen molar-refractivity contribution in [3.8, 4) is 0 Å². The zero-order valence-electron chi connectivity index (χ0n) is 23.8. The summed E-state index contributed by atoms with van der Waals surface area (Å²) in [5.74, 6) is 0.127. The van der Waals surface area contributed by atoms with Crippen LogP contribution in [-0.4, -0.2) is 63.5 Å². The maximum Gasteiger partial charge on any atom is 0.416 e. The van der Waals surface area contributed by atoms with Crippen molar-refractivity contribution in [2.24, 2.45) is 0 Å². The van der Waals surface area contributed by atoms with E-state index >= 15 is 0 Å². The third-order valence-corrected chi connectivity index (χ3v) is 8.82. The molecule has 10 nitrogen and oxygen atoms in total. The van der Waals surface area contributed by atoms with Crippen LogP contribution in [0.5, 0.6) is 0 Å². The Balaban J connectivity index is 1.38. The summed E-state index contributed by atoms with van der Waals surface area (Å²) in [6.07, 6.45) is 2.35. The number of benzene rings is 1. The van der Waals surface area contributed by atoms with Gasteiger partial charge in [-0.3, -0.25) is 9.59 Å². The minimum atomic E-state index is -4.56. The highest BCUT2D eigenvalue weighted by molar-refractivity contribution is 6.33. The first-order valence-electron chi connectivity index (χ1n) is 14.6. The Bertz CT molecular complexity index is 1640. The number of allylic oxidation sites excluding steroid dienone is 1. The highest BCUT2D eigenvalue weighted by atomic mass is 35.5. The molecule has 1 amide bonds. The molecule has 43 heavy (non-hydrogen) atoms. The minimum absolute atomic E-state index is 0.0506. The molecule has 4 heterocycles. The van der Waals surface area contributed by atoms with Gasteiger partial charge in [0.25, 0.3) is 5.56 Å². The van der Waals surface area contributed by atoms with Gasteiger partial charge < -0.3 is 24.8 Å². The molecule has 3 aliphatic rings. The van der Waals surface area contributed by atoms with Crippen molar-refractivity contribution in [3.05, 3.63) is 56.7 Å². The van der Waals surface area contributed by atoms with E-state index in [1.165, 1.54) is 4.52 Å². The van der Waals surface area contributed by atoms with E-state index in [-0.39, 0.29) is 34.2 Å². The first kappa shape index (κ1) is 29.6. The van der Waals surface area contributed by atoms with Crippen LogP contribution >= 0.6 is 11.6 Å². The molecular formula is C29H33ClF3N7O3. The van der Waals surface area contributed by atoms with E-state index in [9.17, 15) is 22.8 Å². The van der Waals surface area contributed by atoms with Crippen molar-refractivity contribution in [2.45, 2.75) is 63.8 Å². The fourth-order valence-electron chi connectivity index (χ4n) is 6.27. The number of fused-ring (bicyclic) bond motifs is 1. The average molecular weight is 620 g/mol. The monoisotopic (exact) mass is 619 g/mol. The number of anilines is 2. The Morgan fingerprint density at radius 1 is 1.23 bits per heavy atom. The summed E-state index contributed by atoms with van der Waals surface area (Å²) in [6.45, 7) is 5.03. The third kappa shape index (κ3) is 5.77. The number of nitrogens with zero attached hydrogens (tertiary/aromatic N) is 5. The predicted molar refractivity (Wildman–Crippen MR) is 157 cm³/mol. The fraction of sp³-hybridized carbons (Fsp3) is 0.517. The second-order valence-electron chi connectivity index (χ2n) is 11.2. The van der Waals surface area contributed by atoms with Crippen molar-refractivity contribution in [3.63, 3.8) is 0 Å². The zero-order chi connectivity index (χ0) is 30.4. The van der Waals surface area contributed by atoms with E-state index in [0.717, 1.165) is 56.1 Å². The molecular weight excluding hydrogens is 587 g/mol. The summed E-state index contributed by atoms with van der Waals surface area (Å²) in [5, 5.41) is 10.3. The van der Waals surface area contributed by atoms with Gasteiger partial charge in [-0.25, -0.2) is 0 Å². The number of piperazine rings is 1. The number of amides is 1. The van der Waals surface area contributed by atoms with Gasteiger partial charge in [0, 0.05) is 32.8 Å². The lowest BCUT2D eigenvalue weighted by Crippen LogP contribution is -2.47. The molecule has 14 heteroatoms. The van der Waals surface area contributed by atoms with Gasteiger partial charge in [-0.15, -0.1) is 5.10 Å². The van der Waals surface area contributed by atoms with Crippen molar-refractivity contribution in [1.29, 1.82) is 0 Å². The standard InChI is InChI=1S/C29H33ClF3N7O3/c1-2-22-24(38-13-11-34-12-14-38)26(42)40-27(36-25(37-40)18-6-9-28(10-7-18)8-3-15-43-28)39(22)17-23(41)35-21-5-4-19(16-20(21)30)29(31,32)33/h4-6,16,34H,2-3,7-15,17H2,1H3,(H,35,41). The lowest BCUT2D eigenvalue weighted by atomic mass is 9.83. The number of hydrogen-bond donors (Lipinski definition) is 2. The molecule has 2 fully saturated rings. The lowest BCUT2D eigenvalue weighted by Gasteiger charge is -2.31. The van der Waals surface area contributed by atoms with Crippen molar-refractivity contribution in [2.75, 3.05) is 43.0 Å². The molecule has 2 N–H and O–H groups in total. The zero-order valence-corrected chi connectivity index (χ0v) is 24.5. The largest absolute Gasteiger partial charge is 0.416 e. The average Bonchev–Trinajstić information content (AvgIpc) is 3.64. The molecule has 1 aliphatic carbocycles. The Morgan fingerprint density at radius 3 is 2.65 bits per heavy atom. The minimum Gasteiger partial charge on any atom is -0.375 e. The Kier molecular flexibility index (Phi) is 7.99. The van der Waals surface area contributed by atoms with Crippen LogP contribution in [0.3, 0.4) is 0 Å². The number of nitrogens with one attached hydrogen (secondary N) is 2. The van der Waals surface area contributed by atoms with Gasteiger partial charge >= 0.3 is 6.18 Å². The molecule has 1 aromatic carbocycles. The Morgan fingerprint density at radius 2 is 2.02 bits per heavy atom. The molecule has 0 saturated carbocycles. The molecule has 2 aliphatic heterocycles. The van der Waals surface area contributed by atoms with E-state index in [1.54, 1.807) is 4.57 Å². The molecule has 2 aromatic heterocycles. The number of halogens is 4. The van der Waals surface area contributed by atoms with E-state index in [2.05, 4.69) is 21.8 Å². The number of rotatable bonds is 6. The van der Waals surface area contributed by atoms with E-state index in [1.807, 2.05) is 11.8 Å². The van der Waals surface area contributed by atoms with Crippen LogP contribution in [-0.2, 0) is 28.7 Å². The van der Waals surface area contributed by atoms with Gasteiger partial charge in [0.2, 0.25) is 11.7 Å². The maximum absolute atomic E-state index is 13.9. The summed E-state index contributed by atoms with van der Waals surface area (Å²) < 4.78 is 48.3. The highest BCUT2D eigenvalue weighted by Gasteiger charge is 2.37. The van der Waals surface area contributed by atoms with E-state index < -0.39 is 17.6 Å². The number of hydrogen-bond acceptors (Lipinski definition) is 7. The Labute approximate surface area is 250 Å². The lowest BCUT2D eigenvalue weighted by molar-refractivity contribution is -0.137. The SMILES string of the molecule is CCc1c(N2CCNCC2)c(=O)n2nc(C3=CCC4(CCCO4)CC3)nc2n1CC(=O)Nc1ccc(C(F)(F)F)cc1Cl. The molecule has 1 unspecified atom stereocenters. The molecule has 230 valence electrons. The van der Waals surface area contributed by atoms with Crippen molar-refractivity contribution >= 4 is 40.2 Å². The summed E-state index contributed by atoms with van der Waals surface area (Å²) in [7, 11) is 0.